The fourth-order valence-electron chi connectivity index (χ4n) is 1.48. The number of rotatable bonds is 5. The van der Waals surface area contributed by atoms with Gasteiger partial charge in [-0.25, -0.2) is 4.79 Å². The van der Waals surface area contributed by atoms with Gasteiger partial charge in [0.15, 0.2) is 0 Å². The molecule has 7 heteroatoms. The van der Waals surface area contributed by atoms with E-state index in [0.29, 0.717) is 11.3 Å². The molecule has 1 aromatic carbocycles. The molecule has 0 aliphatic heterocycles. The highest BCUT2D eigenvalue weighted by Gasteiger charge is 2.12. The van der Waals surface area contributed by atoms with E-state index in [1.54, 1.807) is 17.5 Å². The van der Waals surface area contributed by atoms with Crippen molar-refractivity contribution < 1.29 is 19.6 Å². The zero-order valence-corrected chi connectivity index (χ0v) is 10.4. The topological polar surface area (TPSA) is 89.7 Å². The van der Waals surface area contributed by atoms with E-state index in [1.165, 1.54) is 18.2 Å². The molecular weight excluding hydrogens is 270 g/mol. The summed E-state index contributed by atoms with van der Waals surface area (Å²) in [5.41, 5.74) is 0.477. The maximum absolute atomic E-state index is 10.9. The van der Waals surface area contributed by atoms with Crippen LogP contribution in [0.3, 0.4) is 0 Å². The van der Waals surface area contributed by atoms with Gasteiger partial charge in [-0.3, -0.25) is 10.1 Å². The first-order valence-corrected chi connectivity index (χ1v) is 6.13. The molecule has 6 nitrogen and oxygen atoms in total. The van der Waals surface area contributed by atoms with Gasteiger partial charge in [0.2, 0.25) is 0 Å². The van der Waals surface area contributed by atoms with Gasteiger partial charge < -0.3 is 9.84 Å². The molecule has 19 heavy (non-hydrogen) atoms. The first-order chi connectivity index (χ1) is 9.08. The van der Waals surface area contributed by atoms with Gasteiger partial charge in [0.05, 0.1) is 11.0 Å². The lowest BCUT2D eigenvalue weighted by atomic mass is 10.2. The van der Waals surface area contributed by atoms with E-state index in [0.717, 1.165) is 11.3 Å². The summed E-state index contributed by atoms with van der Waals surface area (Å²) in [6.07, 6.45) is 0. The number of carbonyl (C=O) groups is 1. The number of hydrogen-bond acceptors (Lipinski definition) is 5. The average molecular weight is 279 g/mol. The SMILES string of the molecule is O=C(O)c1sccc1COc1cccc([N+](=O)[O-])c1. The first-order valence-electron chi connectivity index (χ1n) is 5.25. The van der Waals surface area contributed by atoms with E-state index in [-0.39, 0.29) is 17.2 Å². The predicted octanol–water partition coefficient (Wildman–Crippen LogP) is 2.93. The van der Waals surface area contributed by atoms with E-state index in [9.17, 15) is 14.9 Å². The lowest BCUT2D eigenvalue weighted by molar-refractivity contribution is -0.384. The zero-order valence-electron chi connectivity index (χ0n) is 9.61. The third-order valence-corrected chi connectivity index (χ3v) is 3.31. The lowest BCUT2D eigenvalue weighted by Crippen LogP contribution is -2.01. The molecule has 0 saturated heterocycles. The molecule has 0 unspecified atom stereocenters. The molecule has 1 aromatic heterocycles. The van der Waals surface area contributed by atoms with E-state index in [4.69, 9.17) is 9.84 Å². The van der Waals surface area contributed by atoms with E-state index in [1.807, 2.05) is 0 Å². The highest BCUT2D eigenvalue weighted by molar-refractivity contribution is 7.12. The molecule has 2 rings (SSSR count). The van der Waals surface area contributed by atoms with Crippen LogP contribution in [0.15, 0.2) is 35.7 Å². The Morgan fingerprint density at radius 2 is 2.21 bits per heavy atom. The second kappa shape index (κ2) is 5.49. The smallest absolute Gasteiger partial charge is 0.346 e. The monoisotopic (exact) mass is 279 g/mol. The Hall–Kier alpha value is -2.41. The number of carboxylic acid groups (broad SMARTS) is 1. The minimum absolute atomic E-state index is 0.0618. The third kappa shape index (κ3) is 3.08. The van der Waals surface area contributed by atoms with Crippen LogP contribution in [-0.2, 0) is 6.61 Å². The summed E-state index contributed by atoms with van der Waals surface area (Å²) in [6, 6.07) is 7.41. The van der Waals surface area contributed by atoms with E-state index in [2.05, 4.69) is 0 Å². The van der Waals surface area contributed by atoms with Crippen LogP contribution in [0, 0.1) is 10.1 Å². The molecule has 2 aromatic rings. The predicted molar refractivity (Wildman–Crippen MR) is 68.7 cm³/mol. The molecule has 98 valence electrons. The molecule has 0 atom stereocenters. The van der Waals surface area contributed by atoms with Crippen LogP contribution in [-0.4, -0.2) is 16.0 Å². The molecule has 0 aliphatic carbocycles. The van der Waals surface area contributed by atoms with Crippen molar-refractivity contribution in [3.63, 3.8) is 0 Å². The van der Waals surface area contributed by atoms with Crippen molar-refractivity contribution in [2.75, 3.05) is 0 Å². The summed E-state index contributed by atoms with van der Waals surface area (Å²) >= 11 is 1.11. The number of carboxylic acids is 1. The van der Waals surface area contributed by atoms with Gasteiger partial charge >= 0.3 is 5.97 Å². The number of benzene rings is 1. The summed E-state index contributed by atoms with van der Waals surface area (Å²) in [5.74, 6) is -0.676. The van der Waals surface area contributed by atoms with Crippen LogP contribution >= 0.6 is 11.3 Å². The van der Waals surface area contributed by atoms with Crippen molar-refractivity contribution in [3.8, 4) is 5.75 Å². The normalized spacial score (nSPS) is 10.1. The quantitative estimate of drug-likeness (QED) is 0.671. The average Bonchev–Trinajstić information content (AvgIpc) is 2.85. The summed E-state index contributed by atoms with van der Waals surface area (Å²) in [4.78, 5) is 21.2. The summed E-state index contributed by atoms with van der Waals surface area (Å²) in [5, 5.41) is 21.2. The number of ether oxygens (including phenoxy) is 1. The molecule has 0 bridgehead atoms. The van der Waals surface area contributed by atoms with Crippen LogP contribution in [0.4, 0.5) is 5.69 Å². The van der Waals surface area contributed by atoms with E-state index < -0.39 is 10.9 Å². The van der Waals surface area contributed by atoms with Gasteiger partial charge in [-0.15, -0.1) is 11.3 Å². The molecule has 0 aliphatic rings. The van der Waals surface area contributed by atoms with Gasteiger partial charge in [-0.1, -0.05) is 6.07 Å². The highest BCUT2D eigenvalue weighted by Crippen LogP contribution is 2.22. The van der Waals surface area contributed by atoms with Crippen molar-refractivity contribution in [2.24, 2.45) is 0 Å². The Morgan fingerprint density at radius 3 is 2.89 bits per heavy atom. The number of thiophene rings is 1. The lowest BCUT2D eigenvalue weighted by Gasteiger charge is -2.05. The number of nitro benzene ring substituents is 1. The molecular formula is C12H9NO5S. The summed E-state index contributed by atoms with van der Waals surface area (Å²) in [7, 11) is 0. The second-order valence-electron chi connectivity index (χ2n) is 3.62. The van der Waals surface area contributed by atoms with Crippen LogP contribution < -0.4 is 4.74 Å². The van der Waals surface area contributed by atoms with Crippen LogP contribution in [0.2, 0.25) is 0 Å². The second-order valence-corrected chi connectivity index (χ2v) is 4.54. The maximum atomic E-state index is 10.9. The Morgan fingerprint density at radius 1 is 1.42 bits per heavy atom. The van der Waals surface area contributed by atoms with Crippen molar-refractivity contribution in [1.82, 2.24) is 0 Å². The zero-order chi connectivity index (χ0) is 13.8. The summed E-state index contributed by atoms with van der Waals surface area (Å²) in [6.45, 7) is 0.0618. The Labute approximate surface area is 112 Å². The molecule has 0 saturated carbocycles. The van der Waals surface area contributed by atoms with E-state index >= 15 is 0 Å². The molecule has 0 fully saturated rings. The molecule has 1 heterocycles. The minimum Gasteiger partial charge on any atom is -0.489 e. The Kier molecular flexibility index (Phi) is 3.76. The van der Waals surface area contributed by atoms with Crippen LogP contribution in [0.1, 0.15) is 15.2 Å². The standard InChI is InChI=1S/C12H9NO5S/c14-12(15)11-8(4-5-19-11)7-18-10-3-1-2-9(6-10)13(16)17/h1-6H,7H2,(H,14,15). The Bertz CT molecular complexity index is 622. The van der Waals surface area contributed by atoms with Gasteiger partial charge in [0.1, 0.15) is 17.2 Å². The third-order valence-electron chi connectivity index (χ3n) is 2.36. The van der Waals surface area contributed by atoms with Crippen molar-refractivity contribution in [2.45, 2.75) is 6.61 Å². The minimum atomic E-state index is -1.01. The number of hydrogen-bond donors (Lipinski definition) is 1. The van der Waals surface area contributed by atoms with Crippen molar-refractivity contribution >= 4 is 23.0 Å². The first kappa shape index (κ1) is 13.0. The number of non-ortho nitro benzene ring substituents is 1. The fourth-order valence-corrected chi connectivity index (χ4v) is 2.23. The van der Waals surface area contributed by atoms with Crippen molar-refractivity contribution in [1.29, 1.82) is 0 Å². The molecule has 0 radical (unpaired) electrons. The molecule has 0 spiro atoms. The number of nitro groups is 1. The number of aromatic carboxylic acids is 1. The van der Waals surface area contributed by atoms with Crippen molar-refractivity contribution in [3.05, 3.63) is 56.3 Å². The van der Waals surface area contributed by atoms with Gasteiger partial charge in [0.25, 0.3) is 5.69 Å². The fraction of sp³-hybridized carbons (Fsp3) is 0.0833. The summed E-state index contributed by atoms with van der Waals surface area (Å²) < 4.78 is 5.37. The number of nitrogens with zero attached hydrogens (tertiary/aromatic N) is 1. The van der Waals surface area contributed by atoms with Gasteiger partial charge in [-0.05, 0) is 17.5 Å². The molecule has 0 amide bonds. The highest BCUT2D eigenvalue weighted by atomic mass is 32.1. The maximum Gasteiger partial charge on any atom is 0.346 e. The van der Waals surface area contributed by atoms with Crippen LogP contribution in [0.5, 0.6) is 5.75 Å². The van der Waals surface area contributed by atoms with Crippen LogP contribution in [0.25, 0.3) is 0 Å². The van der Waals surface area contributed by atoms with Gasteiger partial charge in [0, 0.05) is 11.6 Å². The van der Waals surface area contributed by atoms with Gasteiger partial charge in [-0.2, -0.15) is 0 Å². The Balaban J connectivity index is 2.10. The molecule has 1 N–H and O–H groups in total. The largest absolute Gasteiger partial charge is 0.489 e.